The molecule has 19 heavy (non-hydrogen) atoms. The van der Waals surface area contributed by atoms with Crippen molar-refractivity contribution in [3.05, 3.63) is 51.5 Å². The van der Waals surface area contributed by atoms with Gasteiger partial charge < -0.3 is 5.73 Å². The van der Waals surface area contributed by atoms with Crippen LogP contribution in [-0.2, 0) is 18.3 Å². The maximum atomic E-state index is 5.65. The third-order valence-electron chi connectivity index (χ3n) is 3.33. The fourth-order valence-corrected chi connectivity index (χ4v) is 3.44. The molecule has 0 aliphatic heterocycles. The van der Waals surface area contributed by atoms with Crippen molar-refractivity contribution in [2.45, 2.75) is 39.0 Å². The quantitative estimate of drug-likeness (QED) is 0.906. The first-order valence-corrected chi connectivity index (χ1v) is 7.55. The molecule has 1 heterocycles. The summed E-state index contributed by atoms with van der Waals surface area (Å²) in [4.78, 5) is 6.09. The van der Waals surface area contributed by atoms with Crippen LogP contribution in [0.2, 0.25) is 0 Å². The van der Waals surface area contributed by atoms with Crippen molar-refractivity contribution in [3.63, 3.8) is 0 Å². The number of nitrogens with two attached hydrogens (primary N) is 1. The Balaban J connectivity index is 2.21. The lowest BCUT2D eigenvalue weighted by Gasteiger charge is -2.22. The van der Waals surface area contributed by atoms with E-state index in [4.69, 9.17) is 10.7 Å². The maximum Gasteiger partial charge on any atom is 0.0990 e. The predicted octanol–water partition coefficient (Wildman–Crippen LogP) is 3.47. The van der Waals surface area contributed by atoms with Gasteiger partial charge in [-0.25, -0.2) is 4.98 Å². The van der Waals surface area contributed by atoms with E-state index in [1.807, 2.05) is 11.3 Å². The Labute approximate surface area is 119 Å². The fraction of sp³-hybridized carbons (Fsp3) is 0.438. The summed E-state index contributed by atoms with van der Waals surface area (Å²) in [5, 5.41) is 1.22. The molecule has 0 aliphatic rings. The summed E-state index contributed by atoms with van der Waals surface area (Å²) in [6.45, 7) is 7.32. The van der Waals surface area contributed by atoms with E-state index in [9.17, 15) is 0 Å². The zero-order valence-electron chi connectivity index (χ0n) is 11.9. The largest absolute Gasteiger partial charge is 0.330 e. The van der Waals surface area contributed by atoms with Gasteiger partial charge >= 0.3 is 0 Å². The topological polar surface area (TPSA) is 38.9 Å². The Morgan fingerprint density at radius 1 is 1.21 bits per heavy atom. The standard InChI is InChI=1S/C16H22N2S/c1-12-14(9-10-17)19-15(18-12)16(2,3)11-13-7-5-4-6-8-13/h4-8H,9-11,17H2,1-3H3. The first kappa shape index (κ1) is 14.2. The monoisotopic (exact) mass is 274 g/mol. The second kappa shape index (κ2) is 5.85. The number of rotatable bonds is 5. The number of aryl methyl sites for hydroxylation is 1. The van der Waals surface area contributed by atoms with Gasteiger partial charge in [0.15, 0.2) is 0 Å². The van der Waals surface area contributed by atoms with Gasteiger partial charge in [-0.05, 0) is 31.9 Å². The van der Waals surface area contributed by atoms with Crippen molar-refractivity contribution in [1.82, 2.24) is 4.98 Å². The van der Waals surface area contributed by atoms with Gasteiger partial charge in [0.1, 0.15) is 0 Å². The number of benzene rings is 1. The number of aromatic nitrogens is 1. The van der Waals surface area contributed by atoms with Crippen molar-refractivity contribution in [2.24, 2.45) is 5.73 Å². The SMILES string of the molecule is Cc1nc(C(C)(C)Cc2ccccc2)sc1CCN. The molecule has 0 saturated carbocycles. The van der Waals surface area contributed by atoms with Gasteiger partial charge in [0.25, 0.3) is 0 Å². The molecular weight excluding hydrogens is 252 g/mol. The van der Waals surface area contributed by atoms with Crippen molar-refractivity contribution in [2.75, 3.05) is 6.54 Å². The predicted molar refractivity (Wildman–Crippen MR) is 82.8 cm³/mol. The van der Waals surface area contributed by atoms with Gasteiger partial charge in [-0.15, -0.1) is 11.3 Å². The van der Waals surface area contributed by atoms with Crippen molar-refractivity contribution in [3.8, 4) is 0 Å². The lowest BCUT2D eigenvalue weighted by molar-refractivity contribution is 0.518. The third kappa shape index (κ3) is 3.43. The van der Waals surface area contributed by atoms with Crippen LogP contribution in [-0.4, -0.2) is 11.5 Å². The molecule has 2 rings (SSSR count). The fourth-order valence-electron chi connectivity index (χ4n) is 2.26. The minimum Gasteiger partial charge on any atom is -0.330 e. The van der Waals surface area contributed by atoms with Gasteiger partial charge in [0.05, 0.1) is 10.7 Å². The van der Waals surface area contributed by atoms with E-state index in [2.05, 4.69) is 51.1 Å². The second-order valence-corrected chi connectivity index (χ2v) is 6.70. The highest BCUT2D eigenvalue weighted by atomic mass is 32.1. The molecule has 1 aromatic carbocycles. The minimum atomic E-state index is 0.0730. The van der Waals surface area contributed by atoms with Gasteiger partial charge in [0.2, 0.25) is 0 Å². The van der Waals surface area contributed by atoms with Crippen LogP contribution in [0.25, 0.3) is 0 Å². The van der Waals surface area contributed by atoms with Crippen molar-refractivity contribution < 1.29 is 0 Å². The van der Waals surface area contributed by atoms with Crippen LogP contribution in [0.5, 0.6) is 0 Å². The molecule has 3 heteroatoms. The molecule has 0 fully saturated rings. The Morgan fingerprint density at radius 2 is 1.89 bits per heavy atom. The van der Waals surface area contributed by atoms with Crippen molar-refractivity contribution in [1.29, 1.82) is 0 Å². The zero-order chi connectivity index (χ0) is 13.9. The molecule has 1 aromatic heterocycles. The summed E-state index contributed by atoms with van der Waals surface area (Å²) in [5.74, 6) is 0. The third-order valence-corrected chi connectivity index (χ3v) is 4.92. The van der Waals surface area contributed by atoms with E-state index in [1.54, 1.807) is 0 Å². The van der Waals surface area contributed by atoms with E-state index >= 15 is 0 Å². The second-order valence-electron chi connectivity index (χ2n) is 5.61. The van der Waals surface area contributed by atoms with Crippen LogP contribution in [0.15, 0.2) is 30.3 Å². The molecule has 0 atom stereocenters. The molecule has 0 bridgehead atoms. The summed E-state index contributed by atoms with van der Waals surface area (Å²) < 4.78 is 0. The number of hydrogen-bond acceptors (Lipinski definition) is 3. The van der Waals surface area contributed by atoms with E-state index < -0.39 is 0 Å². The molecule has 102 valence electrons. The molecule has 0 unspecified atom stereocenters. The first-order chi connectivity index (χ1) is 9.03. The Kier molecular flexibility index (Phi) is 4.38. The van der Waals surface area contributed by atoms with E-state index in [-0.39, 0.29) is 5.41 Å². The molecular formula is C16H22N2S. The van der Waals surface area contributed by atoms with Gasteiger partial charge in [0, 0.05) is 10.3 Å². The lowest BCUT2D eigenvalue weighted by Crippen LogP contribution is -2.20. The average Bonchev–Trinajstić information content (AvgIpc) is 2.73. The van der Waals surface area contributed by atoms with E-state index in [0.717, 1.165) is 18.5 Å². The first-order valence-electron chi connectivity index (χ1n) is 6.74. The molecule has 0 spiro atoms. The van der Waals surface area contributed by atoms with Crippen LogP contribution in [0.3, 0.4) is 0 Å². The number of thiazole rings is 1. The summed E-state index contributed by atoms with van der Waals surface area (Å²) >= 11 is 1.82. The highest BCUT2D eigenvalue weighted by molar-refractivity contribution is 7.11. The van der Waals surface area contributed by atoms with Crippen LogP contribution in [0, 0.1) is 6.92 Å². The Hall–Kier alpha value is -1.19. The molecule has 2 aromatic rings. The molecule has 2 nitrogen and oxygen atoms in total. The average molecular weight is 274 g/mol. The van der Waals surface area contributed by atoms with Crippen LogP contribution < -0.4 is 5.73 Å². The zero-order valence-corrected chi connectivity index (χ0v) is 12.8. The maximum absolute atomic E-state index is 5.65. The Bertz CT molecular complexity index is 529. The number of nitrogens with zero attached hydrogens (tertiary/aromatic N) is 1. The van der Waals surface area contributed by atoms with Crippen LogP contribution in [0.4, 0.5) is 0 Å². The highest BCUT2D eigenvalue weighted by Crippen LogP contribution is 2.32. The van der Waals surface area contributed by atoms with Crippen LogP contribution in [0.1, 0.15) is 35.0 Å². The summed E-state index contributed by atoms with van der Waals surface area (Å²) in [6.07, 6.45) is 1.95. The van der Waals surface area contributed by atoms with Crippen molar-refractivity contribution >= 4 is 11.3 Å². The summed E-state index contributed by atoms with van der Waals surface area (Å²) in [6, 6.07) is 10.6. The summed E-state index contributed by atoms with van der Waals surface area (Å²) in [7, 11) is 0. The lowest BCUT2D eigenvalue weighted by atomic mass is 9.86. The molecule has 0 saturated heterocycles. The highest BCUT2D eigenvalue weighted by Gasteiger charge is 2.25. The Morgan fingerprint density at radius 3 is 2.53 bits per heavy atom. The minimum absolute atomic E-state index is 0.0730. The smallest absolute Gasteiger partial charge is 0.0990 e. The van der Waals surface area contributed by atoms with Gasteiger partial charge in [-0.1, -0.05) is 44.2 Å². The van der Waals surface area contributed by atoms with Crippen LogP contribution >= 0.6 is 11.3 Å². The summed E-state index contributed by atoms with van der Waals surface area (Å²) in [5.41, 5.74) is 8.23. The van der Waals surface area contributed by atoms with Gasteiger partial charge in [-0.2, -0.15) is 0 Å². The van der Waals surface area contributed by atoms with E-state index in [0.29, 0.717) is 6.54 Å². The van der Waals surface area contributed by atoms with E-state index in [1.165, 1.54) is 15.4 Å². The van der Waals surface area contributed by atoms with Gasteiger partial charge in [-0.3, -0.25) is 0 Å². The normalized spacial score (nSPS) is 11.8. The molecule has 0 aliphatic carbocycles. The molecule has 0 radical (unpaired) electrons. The molecule has 0 amide bonds. The molecule has 2 N–H and O–H groups in total. The number of hydrogen-bond donors (Lipinski definition) is 1.